The number of carboxylic acids is 2. The Labute approximate surface area is 195 Å². The Kier molecular flexibility index (Phi) is 7.15. The molecule has 0 fully saturated rings. The topological polar surface area (TPSA) is 118 Å². The maximum absolute atomic E-state index is 12.1. The van der Waals surface area contributed by atoms with Crippen molar-refractivity contribution in [2.75, 3.05) is 6.16 Å². The third kappa shape index (κ3) is 4.75. The van der Waals surface area contributed by atoms with E-state index >= 15 is 0 Å². The fraction of sp³-hybridized carbons (Fsp3) is 0.167. The number of aliphatic carboxylic acids is 2. The molecule has 3 aromatic carbocycles. The minimum atomic E-state index is -4.14. The van der Waals surface area contributed by atoms with Crippen molar-refractivity contribution in [3.63, 3.8) is 0 Å². The Morgan fingerprint density at radius 1 is 0.879 bits per heavy atom. The standard InChI is InChI=1S/C24H23ClNO6P/c25-33(15-14-23(27)28,20-10-3-1-4-11-20,21-12-5-2-6-13-21)22(17-24(29)30)18-8-7-9-19(16-18)26(31)32/h1-13,16,22H,14-15,17H2,(H,27,28)(H,29,30). The van der Waals surface area contributed by atoms with E-state index in [1.165, 1.54) is 18.2 Å². The second-order valence-electron chi connectivity index (χ2n) is 7.76. The fourth-order valence-corrected chi connectivity index (χ4v) is 11.3. The zero-order valence-corrected chi connectivity index (χ0v) is 19.2. The first kappa shape index (κ1) is 24.4. The van der Waals surface area contributed by atoms with Crippen molar-refractivity contribution in [1.82, 2.24) is 0 Å². The molecule has 2 N–H and O–H groups in total. The molecule has 0 bridgehead atoms. The zero-order valence-electron chi connectivity index (χ0n) is 17.6. The maximum atomic E-state index is 12.1. The SMILES string of the molecule is O=C(O)CCP(Cl)(c1ccccc1)(c1ccccc1)C(CC(=O)O)c1cccc([N+](=O)[O-])c1. The quantitative estimate of drug-likeness (QED) is 0.237. The van der Waals surface area contributed by atoms with Crippen molar-refractivity contribution in [3.05, 3.63) is 101 Å². The van der Waals surface area contributed by atoms with Gasteiger partial charge in [0.1, 0.15) is 0 Å². The van der Waals surface area contributed by atoms with Crippen molar-refractivity contribution in [3.8, 4) is 0 Å². The molecule has 172 valence electrons. The summed E-state index contributed by atoms with van der Waals surface area (Å²) in [6.45, 7) is 0. The molecule has 0 radical (unpaired) electrons. The summed E-state index contributed by atoms with van der Waals surface area (Å²) in [7, 11) is 0. The van der Waals surface area contributed by atoms with Crippen LogP contribution < -0.4 is 10.6 Å². The normalized spacial score (nSPS) is 13.4. The summed E-state index contributed by atoms with van der Waals surface area (Å²) in [6, 6.07) is 23.6. The number of nitrogens with zero attached hydrogens (tertiary/aromatic N) is 1. The summed E-state index contributed by atoms with van der Waals surface area (Å²) in [5.74, 6) is -6.34. The molecule has 0 saturated carbocycles. The average molecular weight is 488 g/mol. The number of carboxylic acid groups (broad SMARTS) is 2. The molecule has 0 spiro atoms. The molecule has 0 aliphatic heterocycles. The monoisotopic (exact) mass is 487 g/mol. The first-order chi connectivity index (χ1) is 15.7. The minimum absolute atomic E-state index is 0.0167. The summed E-state index contributed by atoms with van der Waals surface area (Å²) in [5, 5.41) is 32.2. The average Bonchev–Trinajstić information content (AvgIpc) is 2.82. The van der Waals surface area contributed by atoms with Gasteiger partial charge in [-0.25, -0.2) is 0 Å². The van der Waals surface area contributed by atoms with Gasteiger partial charge in [-0.15, -0.1) is 0 Å². The predicted octanol–water partition coefficient (Wildman–Crippen LogP) is 4.94. The van der Waals surface area contributed by atoms with Crippen LogP contribution in [-0.2, 0) is 9.59 Å². The van der Waals surface area contributed by atoms with Crippen LogP contribution >= 0.6 is 17.2 Å². The molecule has 0 aliphatic rings. The van der Waals surface area contributed by atoms with E-state index in [0.717, 1.165) is 0 Å². The molecular weight excluding hydrogens is 465 g/mol. The number of halogens is 1. The molecule has 33 heavy (non-hydrogen) atoms. The van der Waals surface area contributed by atoms with Crippen LogP contribution in [-0.4, -0.2) is 33.2 Å². The molecule has 0 saturated heterocycles. The Morgan fingerprint density at radius 2 is 1.42 bits per heavy atom. The van der Waals surface area contributed by atoms with Gasteiger partial charge < -0.3 is 0 Å². The van der Waals surface area contributed by atoms with Gasteiger partial charge in [-0.1, -0.05) is 0 Å². The summed E-state index contributed by atoms with van der Waals surface area (Å²) < 4.78 is 0. The predicted molar refractivity (Wildman–Crippen MR) is 130 cm³/mol. The molecule has 3 rings (SSSR count). The van der Waals surface area contributed by atoms with E-state index in [2.05, 4.69) is 0 Å². The Morgan fingerprint density at radius 3 is 1.88 bits per heavy atom. The number of nitro benzene ring substituents is 1. The van der Waals surface area contributed by atoms with E-state index in [0.29, 0.717) is 16.2 Å². The van der Waals surface area contributed by atoms with Crippen molar-refractivity contribution in [2.24, 2.45) is 0 Å². The molecule has 7 nitrogen and oxygen atoms in total. The number of hydrogen-bond donors (Lipinski definition) is 2. The van der Waals surface area contributed by atoms with Gasteiger partial charge in [0, 0.05) is 0 Å². The molecular formula is C24H23ClNO6P. The molecule has 0 amide bonds. The van der Waals surface area contributed by atoms with Gasteiger partial charge in [0.25, 0.3) is 0 Å². The van der Waals surface area contributed by atoms with Gasteiger partial charge in [0.15, 0.2) is 0 Å². The van der Waals surface area contributed by atoms with E-state index in [-0.39, 0.29) is 18.3 Å². The summed E-state index contributed by atoms with van der Waals surface area (Å²) in [5.41, 5.74) is -0.708. The van der Waals surface area contributed by atoms with Gasteiger partial charge in [0.05, 0.1) is 0 Å². The Balaban J connectivity index is 2.45. The summed E-state index contributed by atoms with van der Waals surface area (Å²) in [4.78, 5) is 34.8. The fourth-order valence-electron chi connectivity index (χ4n) is 4.37. The number of carbonyl (C=O) groups is 2. The first-order valence-electron chi connectivity index (χ1n) is 10.2. The van der Waals surface area contributed by atoms with Crippen molar-refractivity contribution < 1.29 is 24.7 Å². The third-order valence-corrected chi connectivity index (χ3v) is 14.0. The molecule has 0 aromatic heterocycles. The van der Waals surface area contributed by atoms with E-state index in [1.807, 2.05) is 0 Å². The van der Waals surface area contributed by atoms with Crippen LogP contribution in [0.1, 0.15) is 24.1 Å². The molecule has 0 heterocycles. The number of hydrogen-bond acceptors (Lipinski definition) is 4. The van der Waals surface area contributed by atoms with E-state index < -0.39 is 34.9 Å². The zero-order chi connectivity index (χ0) is 24.1. The number of benzene rings is 3. The van der Waals surface area contributed by atoms with Crippen LogP contribution in [0.25, 0.3) is 0 Å². The third-order valence-electron chi connectivity index (χ3n) is 5.88. The number of rotatable bonds is 10. The van der Waals surface area contributed by atoms with Crippen LogP contribution in [0.5, 0.6) is 0 Å². The van der Waals surface area contributed by atoms with Crippen LogP contribution in [0.2, 0.25) is 0 Å². The van der Waals surface area contributed by atoms with Crippen molar-refractivity contribution >= 4 is 45.4 Å². The van der Waals surface area contributed by atoms with E-state index in [9.17, 15) is 29.9 Å². The molecule has 1 unspecified atom stereocenters. The van der Waals surface area contributed by atoms with E-state index in [1.54, 1.807) is 66.7 Å². The van der Waals surface area contributed by atoms with Crippen LogP contribution in [0.15, 0.2) is 84.9 Å². The van der Waals surface area contributed by atoms with Gasteiger partial charge in [-0.3, -0.25) is 0 Å². The van der Waals surface area contributed by atoms with Crippen LogP contribution in [0.3, 0.4) is 0 Å². The van der Waals surface area contributed by atoms with Crippen LogP contribution in [0.4, 0.5) is 5.69 Å². The molecule has 0 aliphatic carbocycles. The van der Waals surface area contributed by atoms with Crippen LogP contribution in [0, 0.1) is 10.1 Å². The van der Waals surface area contributed by atoms with Gasteiger partial charge in [-0.05, 0) is 0 Å². The first-order valence-corrected chi connectivity index (χ1v) is 13.6. The van der Waals surface area contributed by atoms with Gasteiger partial charge in [0.2, 0.25) is 0 Å². The van der Waals surface area contributed by atoms with E-state index in [4.69, 9.17) is 11.2 Å². The molecule has 1 atom stereocenters. The Hall–Kier alpha value is -3.28. The van der Waals surface area contributed by atoms with Gasteiger partial charge in [-0.2, -0.15) is 0 Å². The second kappa shape index (κ2) is 9.69. The molecule has 3 aromatic rings. The van der Waals surface area contributed by atoms with Crippen molar-refractivity contribution in [2.45, 2.75) is 18.5 Å². The van der Waals surface area contributed by atoms with Crippen molar-refractivity contribution in [1.29, 1.82) is 0 Å². The number of nitro groups is 1. The number of non-ortho nitro benzene ring substituents is 1. The Bertz CT molecular complexity index is 1130. The second-order valence-corrected chi connectivity index (χ2v) is 14.7. The summed E-state index contributed by atoms with van der Waals surface area (Å²) in [6.07, 6.45) is -0.737. The molecule has 9 heteroatoms. The summed E-state index contributed by atoms with van der Waals surface area (Å²) >= 11 is 7.80. The van der Waals surface area contributed by atoms with Gasteiger partial charge >= 0.3 is 195 Å².